The zero-order chi connectivity index (χ0) is 21.6. The van der Waals surface area contributed by atoms with Crippen LogP contribution >= 0.6 is 22.9 Å². The van der Waals surface area contributed by atoms with Crippen LogP contribution in [0.2, 0.25) is 5.02 Å². The van der Waals surface area contributed by atoms with E-state index in [-0.39, 0.29) is 5.91 Å². The molecule has 4 rings (SSSR count). The van der Waals surface area contributed by atoms with Crippen molar-refractivity contribution >= 4 is 45.7 Å². The summed E-state index contributed by atoms with van der Waals surface area (Å²) in [5, 5.41) is 4.33. The van der Waals surface area contributed by atoms with Crippen LogP contribution in [0.3, 0.4) is 0 Å². The molecule has 0 spiro atoms. The number of nitrogens with one attached hydrogen (secondary N) is 1. The van der Waals surface area contributed by atoms with Crippen molar-refractivity contribution in [2.45, 2.75) is 25.7 Å². The maximum Gasteiger partial charge on any atom is 0.259 e. The largest absolute Gasteiger partial charge is 0.489 e. The average Bonchev–Trinajstić information content (AvgIpc) is 3.16. The fourth-order valence-corrected chi connectivity index (χ4v) is 5.03. The predicted octanol–water partition coefficient (Wildman–Crippen LogP) is 6.85. The smallest absolute Gasteiger partial charge is 0.259 e. The van der Waals surface area contributed by atoms with Gasteiger partial charge >= 0.3 is 0 Å². The van der Waals surface area contributed by atoms with Crippen molar-refractivity contribution < 1.29 is 9.53 Å². The molecule has 0 atom stereocenters. The van der Waals surface area contributed by atoms with E-state index in [0.29, 0.717) is 22.9 Å². The fourth-order valence-electron chi connectivity index (χ4n) is 3.62. The van der Waals surface area contributed by atoms with Crippen LogP contribution in [0.15, 0.2) is 66.2 Å². The standard InChI is InChI=1S/C25H23ClN2O2S/c1-2-14-30-21-13-12-18(26)15-17(21)16-27-25-23(20-10-6-7-11-22(20)31-25)24(29)28-19-8-4-3-5-9-19/h2-5,8-9,12-13,15-16H,1,6-7,10-11,14H2,(H,28,29). The van der Waals surface area contributed by atoms with Crippen molar-refractivity contribution in [1.29, 1.82) is 0 Å². The molecule has 0 saturated carbocycles. The SMILES string of the molecule is C=CCOc1ccc(Cl)cc1C=Nc1sc2c(c1C(=O)Nc1ccccc1)CCCC2. The van der Waals surface area contributed by atoms with Gasteiger partial charge in [0.2, 0.25) is 0 Å². The van der Waals surface area contributed by atoms with Crippen LogP contribution in [0.4, 0.5) is 10.7 Å². The van der Waals surface area contributed by atoms with Crippen molar-refractivity contribution in [1.82, 2.24) is 0 Å². The number of carbonyl (C=O) groups is 1. The van der Waals surface area contributed by atoms with E-state index in [2.05, 4.69) is 11.9 Å². The Bertz CT molecular complexity index is 1120. The number of amides is 1. The fraction of sp³-hybridized carbons (Fsp3) is 0.200. The Hall–Kier alpha value is -2.89. The summed E-state index contributed by atoms with van der Waals surface area (Å²) in [5.74, 6) is 0.552. The Labute approximate surface area is 191 Å². The molecule has 31 heavy (non-hydrogen) atoms. The molecule has 2 aromatic carbocycles. The number of ether oxygens (including phenoxy) is 1. The number of rotatable bonds is 7. The lowest BCUT2D eigenvalue weighted by Gasteiger charge is -2.12. The molecular formula is C25H23ClN2O2S. The topological polar surface area (TPSA) is 50.7 Å². The van der Waals surface area contributed by atoms with Gasteiger partial charge in [-0.3, -0.25) is 4.79 Å². The van der Waals surface area contributed by atoms with Gasteiger partial charge in [-0.2, -0.15) is 0 Å². The third-order valence-corrected chi connectivity index (χ3v) is 6.50. The molecular weight excluding hydrogens is 428 g/mol. The molecule has 158 valence electrons. The molecule has 4 nitrogen and oxygen atoms in total. The van der Waals surface area contributed by atoms with Gasteiger partial charge in [0.25, 0.3) is 5.91 Å². The van der Waals surface area contributed by atoms with Crippen LogP contribution in [0.1, 0.15) is 39.2 Å². The second kappa shape index (κ2) is 9.94. The summed E-state index contributed by atoms with van der Waals surface area (Å²) >= 11 is 7.79. The summed E-state index contributed by atoms with van der Waals surface area (Å²) in [6, 6.07) is 14.9. The summed E-state index contributed by atoms with van der Waals surface area (Å²) in [7, 11) is 0. The number of carbonyl (C=O) groups excluding carboxylic acids is 1. The van der Waals surface area contributed by atoms with Crippen LogP contribution in [-0.2, 0) is 12.8 Å². The Morgan fingerprint density at radius 2 is 2.00 bits per heavy atom. The number of thiophene rings is 1. The molecule has 1 aliphatic rings. The molecule has 3 aromatic rings. The highest BCUT2D eigenvalue weighted by atomic mass is 35.5. The van der Waals surface area contributed by atoms with Crippen LogP contribution in [0, 0.1) is 0 Å². The van der Waals surface area contributed by atoms with Gasteiger partial charge in [-0.1, -0.05) is 42.5 Å². The van der Waals surface area contributed by atoms with E-state index in [9.17, 15) is 4.79 Å². The van der Waals surface area contributed by atoms with Gasteiger partial charge in [-0.25, -0.2) is 4.99 Å². The maximum atomic E-state index is 13.2. The van der Waals surface area contributed by atoms with Crippen LogP contribution in [0.25, 0.3) is 0 Å². The van der Waals surface area contributed by atoms with Crippen LogP contribution in [0.5, 0.6) is 5.75 Å². The Morgan fingerprint density at radius 3 is 2.81 bits per heavy atom. The monoisotopic (exact) mass is 450 g/mol. The van der Waals surface area contributed by atoms with Crippen molar-refractivity contribution in [2.24, 2.45) is 4.99 Å². The molecule has 1 aliphatic carbocycles. The number of para-hydroxylation sites is 1. The Morgan fingerprint density at radius 1 is 1.19 bits per heavy atom. The predicted molar refractivity (Wildman–Crippen MR) is 130 cm³/mol. The Kier molecular flexibility index (Phi) is 6.85. The molecule has 1 amide bonds. The van der Waals surface area contributed by atoms with Gasteiger partial charge < -0.3 is 10.1 Å². The van der Waals surface area contributed by atoms with Crippen molar-refractivity contribution in [3.63, 3.8) is 0 Å². The van der Waals surface area contributed by atoms with E-state index in [1.54, 1.807) is 35.8 Å². The lowest BCUT2D eigenvalue weighted by molar-refractivity contribution is 0.102. The van der Waals surface area contributed by atoms with E-state index in [1.807, 2.05) is 36.4 Å². The molecule has 1 N–H and O–H groups in total. The summed E-state index contributed by atoms with van der Waals surface area (Å²) in [4.78, 5) is 19.2. The van der Waals surface area contributed by atoms with Gasteiger partial charge in [-0.05, 0) is 61.6 Å². The number of aryl methyl sites for hydroxylation is 1. The minimum absolute atomic E-state index is 0.119. The van der Waals surface area contributed by atoms with Crippen molar-refractivity contribution in [3.05, 3.63) is 87.8 Å². The molecule has 0 aliphatic heterocycles. The van der Waals surface area contributed by atoms with Gasteiger partial charge in [0.1, 0.15) is 17.4 Å². The minimum Gasteiger partial charge on any atom is -0.489 e. The normalized spacial score (nSPS) is 13.1. The minimum atomic E-state index is -0.119. The van der Waals surface area contributed by atoms with E-state index in [0.717, 1.165) is 47.5 Å². The highest BCUT2D eigenvalue weighted by Crippen LogP contribution is 2.40. The zero-order valence-electron chi connectivity index (χ0n) is 17.1. The first-order valence-corrected chi connectivity index (χ1v) is 11.4. The number of anilines is 1. The molecule has 1 heterocycles. The van der Waals surface area contributed by atoms with Gasteiger partial charge in [0.15, 0.2) is 0 Å². The molecule has 0 fully saturated rings. The second-order valence-corrected chi connectivity index (χ2v) is 8.77. The summed E-state index contributed by atoms with van der Waals surface area (Å²) in [5.41, 5.74) is 3.34. The number of hydrogen-bond acceptors (Lipinski definition) is 4. The quantitative estimate of drug-likeness (QED) is 0.316. The van der Waals surface area contributed by atoms with Gasteiger partial charge in [0.05, 0.1) is 5.56 Å². The molecule has 0 bridgehead atoms. The zero-order valence-corrected chi connectivity index (χ0v) is 18.6. The third-order valence-electron chi connectivity index (χ3n) is 5.06. The molecule has 6 heteroatoms. The molecule has 0 radical (unpaired) electrons. The maximum absolute atomic E-state index is 13.2. The number of nitrogens with zero attached hydrogens (tertiary/aromatic N) is 1. The van der Waals surface area contributed by atoms with Crippen LogP contribution in [-0.4, -0.2) is 18.7 Å². The number of halogens is 1. The van der Waals surface area contributed by atoms with Crippen LogP contribution < -0.4 is 10.1 Å². The summed E-state index contributed by atoms with van der Waals surface area (Å²) < 4.78 is 5.72. The highest BCUT2D eigenvalue weighted by molar-refractivity contribution is 7.16. The van der Waals surface area contributed by atoms with Gasteiger partial charge in [0, 0.05) is 27.4 Å². The highest BCUT2D eigenvalue weighted by Gasteiger charge is 2.25. The van der Waals surface area contributed by atoms with E-state index in [1.165, 1.54) is 4.88 Å². The van der Waals surface area contributed by atoms with E-state index >= 15 is 0 Å². The number of hydrogen-bond donors (Lipinski definition) is 1. The molecule has 0 saturated heterocycles. The number of benzene rings is 2. The summed E-state index contributed by atoms with van der Waals surface area (Å²) in [6.45, 7) is 4.08. The van der Waals surface area contributed by atoms with Crippen molar-refractivity contribution in [2.75, 3.05) is 11.9 Å². The number of fused-ring (bicyclic) bond motifs is 1. The Balaban J connectivity index is 1.69. The first-order chi connectivity index (χ1) is 15.2. The average molecular weight is 451 g/mol. The second-order valence-electron chi connectivity index (χ2n) is 7.25. The van der Waals surface area contributed by atoms with Crippen molar-refractivity contribution in [3.8, 4) is 5.75 Å². The lowest BCUT2D eigenvalue weighted by atomic mass is 9.95. The first kappa shape index (κ1) is 21.3. The lowest BCUT2D eigenvalue weighted by Crippen LogP contribution is -2.14. The summed E-state index contributed by atoms with van der Waals surface area (Å²) in [6.07, 6.45) is 7.54. The number of aliphatic imine (C=N–C) groups is 1. The van der Waals surface area contributed by atoms with Gasteiger partial charge in [-0.15, -0.1) is 11.3 Å². The third kappa shape index (κ3) is 5.06. The van der Waals surface area contributed by atoms with E-state index < -0.39 is 0 Å². The first-order valence-electron chi connectivity index (χ1n) is 10.2. The molecule has 1 aromatic heterocycles. The molecule has 0 unspecified atom stereocenters. The van der Waals surface area contributed by atoms with E-state index in [4.69, 9.17) is 21.3 Å².